The Balaban J connectivity index is 2.20. The number of hydrogen-bond acceptors (Lipinski definition) is 1. The normalized spacial score (nSPS) is 25.3. The molecule has 2 atom stereocenters. The van der Waals surface area contributed by atoms with E-state index in [0.29, 0.717) is 11.8 Å². The molecule has 0 aromatic heterocycles. The number of rotatable bonds is 1. The molecule has 0 spiro atoms. The quantitative estimate of drug-likeness (QED) is 0.690. The molecule has 1 heteroatoms. The Morgan fingerprint density at radius 3 is 2.53 bits per heavy atom. The minimum Gasteiger partial charge on any atom is -0.462 e. The summed E-state index contributed by atoms with van der Waals surface area (Å²) in [5, 5.41) is 8.72. The summed E-state index contributed by atoms with van der Waals surface area (Å²) in [6.07, 6.45) is 6.92. The van der Waals surface area contributed by atoms with E-state index in [-0.39, 0.29) is 0 Å². The maximum absolute atomic E-state index is 8.72. The van der Waals surface area contributed by atoms with Crippen molar-refractivity contribution in [3.8, 4) is 12.0 Å². The van der Waals surface area contributed by atoms with Crippen molar-refractivity contribution in [3.05, 3.63) is 35.9 Å². The molecule has 0 bridgehead atoms. The van der Waals surface area contributed by atoms with Crippen LogP contribution in [0, 0.1) is 17.9 Å². The molecule has 1 fully saturated rings. The van der Waals surface area contributed by atoms with E-state index in [9.17, 15) is 0 Å². The summed E-state index contributed by atoms with van der Waals surface area (Å²) in [4.78, 5) is 0. The molecule has 0 aliphatic heterocycles. The zero-order valence-electron chi connectivity index (χ0n) is 8.82. The highest BCUT2D eigenvalue weighted by Gasteiger charge is 2.24. The minimum absolute atomic E-state index is 0.339. The van der Waals surface area contributed by atoms with Crippen LogP contribution < -0.4 is 0 Å². The van der Waals surface area contributed by atoms with Gasteiger partial charge in [-0.05, 0) is 24.3 Å². The number of aliphatic hydroxyl groups is 1. The summed E-state index contributed by atoms with van der Waals surface area (Å²) in [5.74, 6) is 3.79. The third-order valence-corrected chi connectivity index (χ3v) is 3.24. The van der Waals surface area contributed by atoms with Crippen molar-refractivity contribution >= 4 is 0 Å². The van der Waals surface area contributed by atoms with Gasteiger partial charge in [0.2, 0.25) is 0 Å². The fourth-order valence-electron chi connectivity index (χ4n) is 2.49. The Labute approximate surface area is 91.1 Å². The molecule has 78 valence electrons. The molecule has 15 heavy (non-hydrogen) atoms. The van der Waals surface area contributed by atoms with E-state index in [1.807, 2.05) is 6.07 Å². The first-order valence-corrected chi connectivity index (χ1v) is 5.61. The lowest BCUT2D eigenvalue weighted by atomic mass is 9.76. The lowest BCUT2D eigenvalue weighted by Gasteiger charge is -2.28. The first kappa shape index (κ1) is 10.1. The van der Waals surface area contributed by atoms with Crippen LogP contribution in [-0.2, 0) is 0 Å². The monoisotopic (exact) mass is 200 g/mol. The summed E-state index contributed by atoms with van der Waals surface area (Å²) < 4.78 is 0. The molecule has 0 amide bonds. The Bertz CT molecular complexity index is 358. The van der Waals surface area contributed by atoms with Gasteiger partial charge >= 0.3 is 0 Å². The summed E-state index contributed by atoms with van der Waals surface area (Å²) >= 11 is 0. The van der Waals surface area contributed by atoms with Crippen LogP contribution in [0.1, 0.15) is 37.2 Å². The number of benzene rings is 1. The van der Waals surface area contributed by atoms with Gasteiger partial charge in [-0.15, -0.1) is 0 Å². The average molecular weight is 200 g/mol. The highest BCUT2D eigenvalue weighted by Crippen LogP contribution is 2.37. The van der Waals surface area contributed by atoms with Gasteiger partial charge in [-0.1, -0.05) is 49.1 Å². The first-order valence-electron chi connectivity index (χ1n) is 5.61. The van der Waals surface area contributed by atoms with E-state index >= 15 is 0 Å². The molecule has 0 radical (unpaired) electrons. The van der Waals surface area contributed by atoms with E-state index in [0.717, 1.165) is 6.42 Å². The smallest absolute Gasteiger partial charge is 0.107 e. The van der Waals surface area contributed by atoms with Crippen LogP contribution in [0.3, 0.4) is 0 Å². The molecule has 1 nitrogen and oxygen atoms in total. The topological polar surface area (TPSA) is 20.2 Å². The van der Waals surface area contributed by atoms with Crippen LogP contribution in [0.5, 0.6) is 0 Å². The van der Waals surface area contributed by atoms with Gasteiger partial charge in [0, 0.05) is 5.92 Å². The van der Waals surface area contributed by atoms with Crippen LogP contribution in [0.25, 0.3) is 0 Å². The molecule has 0 heterocycles. The second-order valence-electron chi connectivity index (χ2n) is 4.16. The average Bonchev–Trinajstić information content (AvgIpc) is 2.31. The highest BCUT2D eigenvalue weighted by molar-refractivity contribution is 5.23. The van der Waals surface area contributed by atoms with Crippen molar-refractivity contribution in [2.24, 2.45) is 5.92 Å². The predicted octanol–water partition coefficient (Wildman–Crippen LogP) is 3.29. The van der Waals surface area contributed by atoms with E-state index in [1.54, 1.807) is 0 Å². The summed E-state index contributed by atoms with van der Waals surface area (Å²) in [5.41, 5.74) is 1.37. The standard InChI is InChI=1S/C14H16O/c15-11-10-13-8-4-5-9-14(13)12-6-2-1-3-7-12/h1-3,6-7,13-15H,4-5,8-9H2/t13-,14-/m0/s1. The Morgan fingerprint density at radius 1 is 1.07 bits per heavy atom. The molecule has 0 saturated heterocycles. The Kier molecular flexibility index (Phi) is 3.29. The molecule has 1 aliphatic carbocycles. The van der Waals surface area contributed by atoms with Crippen molar-refractivity contribution < 1.29 is 5.11 Å². The van der Waals surface area contributed by atoms with Crippen LogP contribution >= 0.6 is 0 Å². The molecule has 1 N–H and O–H groups in total. The van der Waals surface area contributed by atoms with Crippen LogP contribution in [-0.4, -0.2) is 5.11 Å². The van der Waals surface area contributed by atoms with E-state index in [1.165, 1.54) is 24.8 Å². The predicted molar refractivity (Wildman–Crippen MR) is 60.9 cm³/mol. The minimum atomic E-state index is 0.339. The van der Waals surface area contributed by atoms with Gasteiger partial charge in [0.15, 0.2) is 0 Å². The van der Waals surface area contributed by atoms with Gasteiger partial charge in [0.1, 0.15) is 6.11 Å². The number of aliphatic hydroxyl groups excluding tert-OH is 1. The van der Waals surface area contributed by atoms with Gasteiger partial charge < -0.3 is 5.11 Å². The fourth-order valence-corrected chi connectivity index (χ4v) is 2.49. The Morgan fingerprint density at radius 2 is 1.80 bits per heavy atom. The number of hydrogen-bond donors (Lipinski definition) is 1. The molecule has 1 aliphatic rings. The van der Waals surface area contributed by atoms with Gasteiger partial charge in [0.05, 0.1) is 0 Å². The molecular weight excluding hydrogens is 184 g/mol. The van der Waals surface area contributed by atoms with Crippen LogP contribution in [0.2, 0.25) is 0 Å². The van der Waals surface area contributed by atoms with E-state index in [4.69, 9.17) is 5.11 Å². The van der Waals surface area contributed by atoms with E-state index in [2.05, 4.69) is 36.3 Å². The maximum atomic E-state index is 8.72. The third-order valence-electron chi connectivity index (χ3n) is 3.24. The summed E-state index contributed by atoms with van der Waals surface area (Å²) in [7, 11) is 0. The molecule has 2 rings (SSSR count). The zero-order valence-corrected chi connectivity index (χ0v) is 8.82. The molecule has 1 saturated carbocycles. The zero-order chi connectivity index (χ0) is 10.5. The van der Waals surface area contributed by atoms with E-state index < -0.39 is 0 Å². The van der Waals surface area contributed by atoms with Crippen molar-refractivity contribution in [2.75, 3.05) is 0 Å². The molecule has 0 unspecified atom stereocenters. The van der Waals surface area contributed by atoms with Gasteiger partial charge in [-0.25, -0.2) is 0 Å². The van der Waals surface area contributed by atoms with Crippen molar-refractivity contribution in [1.82, 2.24) is 0 Å². The van der Waals surface area contributed by atoms with Gasteiger partial charge in [-0.2, -0.15) is 0 Å². The van der Waals surface area contributed by atoms with Crippen molar-refractivity contribution in [1.29, 1.82) is 0 Å². The van der Waals surface area contributed by atoms with Crippen LogP contribution in [0.15, 0.2) is 30.3 Å². The SMILES string of the molecule is OC#C[C@@H]1CCCC[C@H]1c1ccccc1. The molecular formula is C14H16O. The van der Waals surface area contributed by atoms with Crippen molar-refractivity contribution in [3.63, 3.8) is 0 Å². The second-order valence-corrected chi connectivity index (χ2v) is 4.16. The summed E-state index contributed by atoms with van der Waals surface area (Å²) in [6, 6.07) is 10.5. The molecule has 1 aromatic carbocycles. The first-order chi connectivity index (χ1) is 7.42. The second kappa shape index (κ2) is 4.89. The third kappa shape index (κ3) is 2.33. The fraction of sp³-hybridized carbons (Fsp3) is 0.429. The summed E-state index contributed by atoms with van der Waals surface area (Å²) in [6.45, 7) is 0. The molecule has 1 aromatic rings. The van der Waals surface area contributed by atoms with Crippen LogP contribution in [0.4, 0.5) is 0 Å². The Hall–Kier alpha value is -1.42. The largest absolute Gasteiger partial charge is 0.462 e. The highest BCUT2D eigenvalue weighted by atomic mass is 16.2. The maximum Gasteiger partial charge on any atom is 0.107 e. The van der Waals surface area contributed by atoms with Crippen molar-refractivity contribution in [2.45, 2.75) is 31.6 Å². The lowest BCUT2D eigenvalue weighted by molar-refractivity contribution is 0.369. The lowest BCUT2D eigenvalue weighted by Crippen LogP contribution is -2.16. The van der Waals surface area contributed by atoms with Gasteiger partial charge in [-0.3, -0.25) is 0 Å². The van der Waals surface area contributed by atoms with Gasteiger partial charge in [0.25, 0.3) is 0 Å².